The first-order valence-electron chi connectivity index (χ1n) is 6.24. The fourth-order valence-electron chi connectivity index (χ4n) is 2.01. The first kappa shape index (κ1) is 11.8. The Bertz CT molecular complexity index is 674. The Balaban J connectivity index is 1.78. The van der Waals surface area contributed by atoms with Crippen molar-refractivity contribution in [3.8, 4) is 5.75 Å². The Kier molecular flexibility index (Phi) is 3.21. The van der Waals surface area contributed by atoms with Crippen molar-refractivity contribution in [3.63, 3.8) is 0 Å². The molecule has 2 aromatic carbocycles. The van der Waals surface area contributed by atoms with Gasteiger partial charge in [0.2, 0.25) is 0 Å². The number of benzene rings is 2. The van der Waals surface area contributed by atoms with Crippen LogP contribution in [0.15, 0.2) is 59.0 Å². The van der Waals surface area contributed by atoms with Crippen LogP contribution in [0.1, 0.15) is 11.3 Å². The molecule has 0 aliphatic heterocycles. The summed E-state index contributed by atoms with van der Waals surface area (Å²) in [4.78, 5) is 0. The van der Waals surface area contributed by atoms with Crippen LogP contribution < -0.4 is 10.5 Å². The minimum Gasteiger partial charge on any atom is -0.489 e. The monoisotopic (exact) mass is 253 g/mol. The van der Waals surface area contributed by atoms with Gasteiger partial charge in [-0.05, 0) is 29.8 Å². The summed E-state index contributed by atoms with van der Waals surface area (Å²) in [5, 5.41) is 1.02. The predicted molar refractivity (Wildman–Crippen MR) is 74.9 cm³/mol. The molecule has 0 unspecified atom stereocenters. The molecular weight excluding hydrogens is 238 g/mol. The highest BCUT2D eigenvalue weighted by atomic mass is 16.5. The van der Waals surface area contributed by atoms with Crippen LogP contribution >= 0.6 is 0 Å². The molecule has 0 saturated heterocycles. The number of fused-ring (bicyclic) bond motifs is 1. The average Bonchev–Trinajstić information content (AvgIpc) is 2.88. The third-order valence-corrected chi connectivity index (χ3v) is 2.99. The molecule has 19 heavy (non-hydrogen) atoms. The van der Waals surface area contributed by atoms with Gasteiger partial charge in [-0.15, -0.1) is 0 Å². The molecule has 0 radical (unpaired) electrons. The minimum absolute atomic E-state index is 0.412. The van der Waals surface area contributed by atoms with Crippen molar-refractivity contribution in [2.75, 3.05) is 0 Å². The molecule has 3 heteroatoms. The van der Waals surface area contributed by atoms with Crippen LogP contribution in [0.4, 0.5) is 0 Å². The Hall–Kier alpha value is -2.26. The third kappa shape index (κ3) is 2.61. The fraction of sp³-hybridized carbons (Fsp3) is 0.125. The van der Waals surface area contributed by atoms with Gasteiger partial charge in [0.05, 0.1) is 6.54 Å². The summed E-state index contributed by atoms with van der Waals surface area (Å²) in [6, 6.07) is 17.8. The molecule has 2 N–H and O–H groups in total. The normalized spacial score (nSPS) is 10.8. The Morgan fingerprint density at radius 3 is 2.63 bits per heavy atom. The zero-order chi connectivity index (χ0) is 13.1. The maximum Gasteiger partial charge on any atom is 0.134 e. The second-order valence-electron chi connectivity index (χ2n) is 4.39. The van der Waals surface area contributed by atoms with E-state index in [0.29, 0.717) is 13.2 Å². The van der Waals surface area contributed by atoms with E-state index in [9.17, 15) is 0 Å². The van der Waals surface area contributed by atoms with E-state index in [4.69, 9.17) is 14.9 Å². The van der Waals surface area contributed by atoms with Crippen LogP contribution in [0.2, 0.25) is 0 Å². The van der Waals surface area contributed by atoms with E-state index < -0.39 is 0 Å². The van der Waals surface area contributed by atoms with E-state index in [2.05, 4.69) is 0 Å². The topological polar surface area (TPSA) is 48.4 Å². The van der Waals surface area contributed by atoms with Gasteiger partial charge >= 0.3 is 0 Å². The van der Waals surface area contributed by atoms with Crippen molar-refractivity contribution in [1.29, 1.82) is 0 Å². The lowest BCUT2D eigenvalue weighted by Crippen LogP contribution is -1.94. The molecular formula is C16H15NO2. The van der Waals surface area contributed by atoms with E-state index in [-0.39, 0.29) is 0 Å². The highest BCUT2D eigenvalue weighted by Gasteiger charge is 2.04. The lowest BCUT2D eigenvalue weighted by molar-refractivity contribution is 0.306. The molecule has 96 valence electrons. The van der Waals surface area contributed by atoms with Crippen LogP contribution in [-0.4, -0.2) is 0 Å². The predicted octanol–water partition coefficient (Wildman–Crippen LogP) is 3.47. The van der Waals surface area contributed by atoms with Crippen LogP contribution in [0, 0.1) is 0 Å². The summed E-state index contributed by atoms with van der Waals surface area (Å²) in [5.74, 6) is 1.62. The average molecular weight is 253 g/mol. The molecule has 0 fully saturated rings. The van der Waals surface area contributed by atoms with E-state index in [0.717, 1.165) is 28.0 Å². The second kappa shape index (κ2) is 5.16. The molecule has 3 rings (SSSR count). The van der Waals surface area contributed by atoms with Gasteiger partial charge < -0.3 is 14.9 Å². The number of nitrogens with two attached hydrogens (primary N) is 1. The SMILES string of the molecule is NCc1cc2cc(OCc3ccccc3)ccc2o1. The first-order chi connectivity index (χ1) is 9.35. The van der Waals surface area contributed by atoms with Gasteiger partial charge in [-0.1, -0.05) is 30.3 Å². The molecule has 0 amide bonds. The van der Waals surface area contributed by atoms with Crippen molar-refractivity contribution >= 4 is 11.0 Å². The lowest BCUT2D eigenvalue weighted by atomic mass is 10.2. The molecule has 1 heterocycles. The van der Waals surface area contributed by atoms with Gasteiger partial charge in [-0.2, -0.15) is 0 Å². The molecule has 1 aromatic heterocycles. The summed E-state index contributed by atoms with van der Waals surface area (Å²) in [6.07, 6.45) is 0. The summed E-state index contributed by atoms with van der Waals surface area (Å²) in [6.45, 7) is 0.975. The molecule has 0 aliphatic carbocycles. The molecule has 0 atom stereocenters. The molecule has 3 nitrogen and oxygen atoms in total. The number of furan rings is 1. The van der Waals surface area contributed by atoms with Crippen LogP contribution in [0.5, 0.6) is 5.75 Å². The Morgan fingerprint density at radius 2 is 1.84 bits per heavy atom. The van der Waals surface area contributed by atoms with Gasteiger partial charge in [0, 0.05) is 5.39 Å². The lowest BCUT2D eigenvalue weighted by Gasteiger charge is -2.05. The Morgan fingerprint density at radius 1 is 1.00 bits per heavy atom. The van der Waals surface area contributed by atoms with Crippen molar-refractivity contribution < 1.29 is 9.15 Å². The van der Waals surface area contributed by atoms with Crippen molar-refractivity contribution in [3.05, 3.63) is 65.9 Å². The smallest absolute Gasteiger partial charge is 0.134 e. The van der Waals surface area contributed by atoms with Crippen LogP contribution in [-0.2, 0) is 13.2 Å². The molecule has 3 aromatic rings. The van der Waals surface area contributed by atoms with Crippen molar-refractivity contribution in [1.82, 2.24) is 0 Å². The highest BCUT2D eigenvalue weighted by Crippen LogP contribution is 2.24. The maximum absolute atomic E-state index is 5.77. The van der Waals surface area contributed by atoms with E-state index in [1.165, 1.54) is 0 Å². The van der Waals surface area contributed by atoms with E-state index in [1.54, 1.807) is 0 Å². The zero-order valence-electron chi connectivity index (χ0n) is 10.5. The number of hydrogen-bond acceptors (Lipinski definition) is 3. The zero-order valence-corrected chi connectivity index (χ0v) is 10.5. The third-order valence-electron chi connectivity index (χ3n) is 2.99. The molecule has 0 spiro atoms. The van der Waals surface area contributed by atoms with Crippen molar-refractivity contribution in [2.45, 2.75) is 13.2 Å². The van der Waals surface area contributed by atoms with Gasteiger partial charge in [0.25, 0.3) is 0 Å². The quantitative estimate of drug-likeness (QED) is 0.774. The maximum atomic E-state index is 5.77. The minimum atomic E-state index is 0.412. The first-order valence-corrected chi connectivity index (χ1v) is 6.24. The van der Waals surface area contributed by atoms with Crippen LogP contribution in [0.25, 0.3) is 11.0 Å². The number of rotatable bonds is 4. The summed E-state index contributed by atoms with van der Waals surface area (Å²) in [5.41, 5.74) is 7.55. The van der Waals surface area contributed by atoms with Gasteiger partial charge in [-0.25, -0.2) is 0 Å². The Labute approximate surface area is 111 Å². The van der Waals surface area contributed by atoms with E-state index in [1.807, 2.05) is 54.6 Å². The van der Waals surface area contributed by atoms with Gasteiger partial charge in [0.15, 0.2) is 0 Å². The van der Waals surface area contributed by atoms with Crippen molar-refractivity contribution in [2.24, 2.45) is 5.73 Å². The second-order valence-corrected chi connectivity index (χ2v) is 4.39. The summed E-state index contributed by atoms with van der Waals surface area (Å²) >= 11 is 0. The number of hydrogen-bond donors (Lipinski definition) is 1. The van der Waals surface area contributed by atoms with Gasteiger partial charge in [0.1, 0.15) is 23.7 Å². The highest BCUT2D eigenvalue weighted by molar-refractivity contribution is 5.79. The molecule has 0 saturated carbocycles. The fourth-order valence-corrected chi connectivity index (χ4v) is 2.01. The summed E-state index contributed by atoms with van der Waals surface area (Å²) in [7, 11) is 0. The standard InChI is InChI=1S/C16H15NO2/c17-10-15-9-13-8-14(6-7-16(13)19-15)18-11-12-4-2-1-3-5-12/h1-9H,10-11,17H2. The van der Waals surface area contributed by atoms with Crippen LogP contribution in [0.3, 0.4) is 0 Å². The molecule has 0 bridgehead atoms. The van der Waals surface area contributed by atoms with Gasteiger partial charge in [-0.3, -0.25) is 0 Å². The summed E-state index contributed by atoms with van der Waals surface area (Å²) < 4.78 is 11.3. The number of ether oxygens (including phenoxy) is 1. The van der Waals surface area contributed by atoms with E-state index >= 15 is 0 Å². The molecule has 0 aliphatic rings. The largest absolute Gasteiger partial charge is 0.489 e.